The molecule has 1 aliphatic carbocycles. The topological polar surface area (TPSA) is 55.1 Å². The Morgan fingerprint density at radius 3 is 2.83 bits per heavy atom. The van der Waals surface area contributed by atoms with Gasteiger partial charge in [0, 0.05) is 17.4 Å². The van der Waals surface area contributed by atoms with Crippen molar-refractivity contribution in [2.75, 3.05) is 13.1 Å². The minimum atomic E-state index is 0.120. The molecule has 0 heterocycles. The third kappa shape index (κ3) is 3.82. The Balaban J connectivity index is 1.72. The van der Waals surface area contributed by atoms with Crippen molar-refractivity contribution < 1.29 is 4.79 Å². The zero-order chi connectivity index (χ0) is 13.0. The van der Waals surface area contributed by atoms with Crippen LogP contribution in [0.2, 0.25) is 0 Å². The van der Waals surface area contributed by atoms with Gasteiger partial charge < -0.3 is 11.1 Å². The highest BCUT2D eigenvalue weighted by Gasteiger charge is 2.41. The zero-order valence-electron chi connectivity index (χ0n) is 10.4. The van der Waals surface area contributed by atoms with Crippen molar-refractivity contribution in [3.63, 3.8) is 0 Å². The highest BCUT2D eigenvalue weighted by atomic mass is 79.9. The fourth-order valence-corrected chi connectivity index (χ4v) is 2.40. The van der Waals surface area contributed by atoms with Gasteiger partial charge in [-0.25, -0.2) is 0 Å². The van der Waals surface area contributed by atoms with Gasteiger partial charge in [-0.3, -0.25) is 4.79 Å². The molecule has 1 saturated carbocycles. The Morgan fingerprint density at radius 1 is 1.44 bits per heavy atom. The first kappa shape index (κ1) is 13.6. The maximum atomic E-state index is 11.7. The Labute approximate surface area is 116 Å². The summed E-state index contributed by atoms with van der Waals surface area (Å²) in [7, 11) is 0. The molecule has 3 nitrogen and oxygen atoms in total. The summed E-state index contributed by atoms with van der Waals surface area (Å²) in [6, 6.07) is 8.07. The van der Waals surface area contributed by atoms with Crippen LogP contribution in [0.1, 0.15) is 24.8 Å². The van der Waals surface area contributed by atoms with Gasteiger partial charge in [-0.2, -0.15) is 0 Å². The van der Waals surface area contributed by atoms with Gasteiger partial charge in [-0.05, 0) is 48.9 Å². The smallest absolute Gasteiger partial charge is 0.220 e. The third-order valence-corrected chi connectivity index (χ3v) is 4.07. The normalized spacial score (nSPS) is 16.3. The number of aryl methyl sites for hydroxylation is 1. The Bertz CT molecular complexity index is 430. The molecular weight excluding hydrogens is 292 g/mol. The van der Waals surface area contributed by atoms with Gasteiger partial charge >= 0.3 is 0 Å². The van der Waals surface area contributed by atoms with Crippen LogP contribution in [0.25, 0.3) is 0 Å². The molecule has 0 aromatic heterocycles. The van der Waals surface area contributed by atoms with E-state index in [0.717, 1.165) is 30.3 Å². The Kier molecular flexibility index (Phi) is 4.40. The first-order valence-electron chi connectivity index (χ1n) is 6.35. The number of carbonyl (C=O) groups excluding carboxylic acids is 1. The van der Waals surface area contributed by atoms with Crippen LogP contribution in [0, 0.1) is 5.41 Å². The molecule has 0 spiro atoms. The standard InChI is InChI=1S/C14H19BrN2O/c15-12-3-1-2-11(8-12)4-5-13(18)17-10-14(9-16)6-7-14/h1-3,8H,4-7,9-10,16H2,(H,17,18). The lowest BCUT2D eigenvalue weighted by molar-refractivity contribution is -0.121. The van der Waals surface area contributed by atoms with E-state index in [1.807, 2.05) is 18.2 Å². The van der Waals surface area contributed by atoms with Gasteiger partial charge in [-0.15, -0.1) is 0 Å². The van der Waals surface area contributed by atoms with Crippen LogP contribution in [0.4, 0.5) is 0 Å². The predicted octanol–water partition coefficient (Wildman–Crippen LogP) is 2.24. The minimum Gasteiger partial charge on any atom is -0.355 e. The predicted molar refractivity (Wildman–Crippen MR) is 76.2 cm³/mol. The molecule has 4 heteroatoms. The van der Waals surface area contributed by atoms with Crippen molar-refractivity contribution >= 4 is 21.8 Å². The second-order valence-electron chi connectivity index (χ2n) is 5.11. The first-order chi connectivity index (χ1) is 8.63. The number of carbonyl (C=O) groups is 1. The number of benzene rings is 1. The van der Waals surface area contributed by atoms with Crippen molar-refractivity contribution in [3.05, 3.63) is 34.3 Å². The van der Waals surface area contributed by atoms with Crippen LogP contribution in [0.3, 0.4) is 0 Å². The number of rotatable bonds is 6. The van der Waals surface area contributed by atoms with Crippen LogP contribution < -0.4 is 11.1 Å². The Morgan fingerprint density at radius 2 is 2.22 bits per heavy atom. The lowest BCUT2D eigenvalue weighted by Crippen LogP contribution is -2.33. The number of nitrogens with two attached hydrogens (primary N) is 1. The second kappa shape index (κ2) is 5.85. The van der Waals surface area contributed by atoms with Crippen molar-refractivity contribution in [3.8, 4) is 0 Å². The molecule has 0 atom stereocenters. The number of hydrogen-bond donors (Lipinski definition) is 2. The fraction of sp³-hybridized carbons (Fsp3) is 0.500. The molecule has 1 aromatic rings. The molecule has 0 radical (unpaired) electrons. The molecule has 0 unspecified atom stereocenters. The summed E-state index contributed by atoms with van der Waals surface area (Å²) in [6.45, 7) is 1.42. The molecule has 3 N–H and O–H groups in total. The molecule has 1 fully saturated rings. The summed E-state index contributed by atoms with van der Waals surface area (Å²) in [5.74, 6) is 0.120. The van der Waals surface area contributed by atoms with Gasteiger partial charge in [-0.1, -0.05) is 28.1 Å². The quantitative estimate of drug-likeness (QED) is 0.846. The minimum absolute atomic E-state index is 0.120. The van der Waals surface area contributed by atoms with E-state index in [1.165, 1.54) is 5.56 Å². The highest BCUT2D eigenvalue weighted by Crippen LogP contribution is 2.43. The third-order valence-electron chi connectivity index (χ3n) is 3.58. The molecule has 1 aliphatic rings. The van der Waals surface area contributed by atoms with Gasteiger partial charge in [0.2, 0.25) is 5.91 Å². The summed E-state index contributed by atoms with van der Waals surface area (Å²) in [5, 5.41) is 2.99. The summed E-state index contributed by atoms with van der Waals surface area (Å²) >= 11 is 3.43. The maximum absolute atomic E-state index is 11.7. The molecule has 0 saturated heterocycles. The van der Waals surface area contributed by atoms with Crippen molar-refractivity contribution in [1.82, 2.24) is 5.32 Å². The SMILES string of the molecule is NCC1(CNC(=O)CCc2cccc(Br)c2)CC1. The van der Waals surface area contributed by atoms with E-state index in [-0.39, 0.29) is 11.3 Å². The van der Waals surface area contributed by atoms with E-state index in [4.69, 9.17) is 5.73 Å². The molecule has 1 amide bonds. The number of amides is 1. The van der Waals surface area contributed by atoms with Crippen LogP contribution in [0.5, 0.6) is 0 Å². The first-order valence-corrected chi connectivity index (χ1v) is 7.14. The van der Waals surface area contributed by atoms with Crippen LogP contribution >= 0.6 is 15.9 Å². The average molecular weight is 311 g/mol. The number of nitrogens with one attached hydrogen (secondary N) is 1. The molecule has 1 aromatic carbocycles. The molecule has 98 valence electrons. The second-order valence-corrected chi connectivity index (χ2v) is 6.03. The largest absolute Gasteiger partial charge is 0.355 e. The average Bonchev–Trinajstić information content (AvgIpc) is 3.15. The van der Waals surface area contributed by atoms with Crippen LogP contribution in [-0.4, -0.2) is 19.0 Å². The summed E-state index contributed by atoms with van der Waals surface area (Å²) < 4.78 is 1.06. The summed E-state index contributed by atoms with van der Waals surface area (Å²) in [4.78, 5) is 11.7. The summed E-state index contributed by atoms with van der Waals surface area (Å²) in [5.41, 5.74) is 7.07. The molecule has 0 bridgehead atoms. The molecular formula is C14H19BrN2O. The van der Waals surface area contributed by atoms with E-state index < -0.39 is 0 Å². The zero-order valence-corrected chi connectivity index (χ0v) is 12.0. The lowest BCUT2D eigenvalue weighted by atomic mass is 10.1. The fourth-order valence-electron chi connectivity index (χ4n) is 1.95. The van der Waals surface area contributed by atoms with Crippen molar-refractivity contribution in [2.45, 2.75) is 25.7 Å². The van der Waals surface area contributed by atoms with Gasteiger partial charge in [0.05, 0.1) is 0 Å². The van der Waals surface area contributed by atoms with E-state index in [9.17, 15) is 4.79 Å². The van der Waals surface area contributed by atoms with Gasteiger partial charge in [0.25, 0.3) is 0 Å². The number of halogens is 1. The van der Waals surface area contributed by atoms with E-state index in [0.29, 0.717) is 13.0 Å². The highest BCUT2D eigenvalue weighted by molar-refractivity contribution is 9.10. The maximum Gasteiger partial charge on any atom is 0.220 e. The van der Waals surface area contributed by atoms with E-state index in [1.54, 1.807) is 0 Å². The number of hydrogen-bond acceptors (Lipinski definition) is 2. The van der Waals surface area contributed by atoms with Gasteiger partial charge in [0.15, 0.2) is 0 Å². The molecule has 0 aliphatic heterocycles. The Hall–Kier alpha value is -0.870. The van der Waals surface area contributed by atoms with E-state index >= 15 is 0 Å². The van der Waals surface area contributed by atoms with Crippen LogP contribution in [0.15, 0.2) is 28.7 Å². The monoisotopic (exact) mass is 310 g/mol. The van der Waals surface area contributed by atoms with E-state index in [2.05, 4.69) is 27.3 Å². The van der Waals surface area contributed by atoms with Crippen molar-refractivity contribution in [2.24, 2.45) is 11.1 Å². The van der Waals surface area contributed by atoms with Crippen LogP contribution in [-0.2, 0) is 11.2 Å². The molecule has 2 rings (SSSR count). The van der Waals surface area contributed by atoms with Gasteiger partial charge in [0.1, 0.15) is 0 Å². The van der Waals surface area contributed by atoms with Crippen molar-refractivity contribution in [1.29, 1.82) is 0 Å². The lowest BCUT2D eigenvalue weighted by Gasteiger charge is -2.13. The molecule has 18 heavy (non-hydrogen) atoms. The summed E-state index contributed by atoms with van der Waals surface area (Å²) in [6.07, 6.45) is 3.61.